The van der Waals surface area contributed by atoms with E-state index in [-0.39, 0.29) is 19.0 Å². The number of halogens is 3. The van der Waals surface area contributed by atoms with Gasteiger partial charge in [-0.3, -0.25) is 4.68 Å². The fraction of sp³-hybridized carbons (Fsp3) is 0.250. The Balaban J connectivity index is 0.00000162. The van der Waals surface area contributed by atoms with Gasteiger partial charge in [0.15, 0.2) is 11.6 Å². The Morgan fingerprint density at radius 2 is 2.06 bits per heavy atom. The lowest BCUT2D eigenvalue weighted by Crippen LogP contribution is -2.06. The molecule has 6 heteroatoms. The van der Waals surface area contributed by atoms with E-state index in [1.54, 1.807) is 17.8 Å². The second-order valence-corrected chi connectivity index (χ2v) is 3.86. The molecule has 1 aromatic carbocycles. The summed E-state index contributed by atoms with van der Waals surface area (Å²) >= 11 is 0. The zero-order valence-corrected chi connectivity index (χ0v) is 10.9. The van der Waals surface area contributed by atoms with Crippen molar-refractivity contribution in [2.75, 3.05) is 5.32 Å². The number of nitrogens with zero attached hydrogens (tertiary/aromatic N) is 2. The molecule has 0 aliphatic rings. The van der Waals surface area contributed by atoms with E-state index in [9.17, 15) is 8.78 Å². The van der Waals surface area contributed by atoms with Gasteiger partial charge in [0, 0.05) is 25.2 Å². The predicted molar refractivity (Wildman–Crippen MR) is 68.9 cm³/mol. The Labute approximate surface area is 110 Å². The van der Waals surface area contributed by atoms with Crippen molar-refractivity contribution in [3.05, 3.63) is 47.2 Å². The van der Waals surface area contributed by atoms with Gasteiger partial charge in [-0.2, -0.15) is 5.10 Å². The molecule has 0 amide bonds. The summed E-state index contributed by atoms with van der Waals surface area (Å²) in [6, 6.07) is 5.99. The lowest BCUT2D eigenvalue weighted by atomic mass is 10.2. The highest BCUT2D eigenvalue weighted by atomic mass is 35.5. The van der Waals surface area contributed by atoms with Gasteiger partial charge in [0.05, 0.1) is 5.69 Å². The van der Waals surface area contributed by atoms with Crippen molar-refractivity contribution >= 4 is 18.2 Å². The molecule has 0 saturated carbocycles. The minimum Gasteiger partial charge on any atom is -0.366 e. The minimum atomic E-state index is -0.828. The number of aromatic nitrogens is 2. The topological polar surface area (TPSA) is 29.9 Å². The van der Waals surface area contributed by atoms with Gasteiger partial charge in [-0.15, -0.1) is 12.4 Å². The molecule has 0 atom stereocenters. The molecule has 0 bridgehead atoms. The van der Waals surface area contributed by atoms with Crippen LogP contribution in [0.25, 0.3) is 0 Å². The molecule has 98 valence electrons. The number of hydrogen-bond acceptors (Lipinski definition) is 2. The number of benzene rings is 1. The lowest BCUT2D eigenvalue weighted by Gasteiger charge is -2.07. The Bertz CT molecular complexity index is 540. The van der Waals surface area contributed by atoms with Gasteiger partial charge in [-0.05, 0) is 13.0 Å². The first-order valence-electron chi connectivity index (χ1n) is 5.25. The molecule has 0 aliphatic heterocycles. The van der Waals surface area contributed by atoms with Crippen molar-refractivity contribution < 1.29 is 8.78 Å². The molecular formula is C12H14ClF2N3. The molecule has 0 radical (unpaired) electrons. The smallest absolute Gasteiger partial charge is 0.163 e. The first kappa shape index (κ1) is 14.4. The first-order valence-corrected chi connectivity index (χ1v) is 5.25. The van der Waals surface area contributed by atoms with E-state index in [1.807, 2.05) is 13.0 Å². The molecule has 0 fully saturated rings. The van der Waals surface area contributed by atoms with Crippen molar-refractivity contribution in [3.8, 4) is 0 Å². The monoisotopic (exact) mass is 273 g/mol. The van der Waals surface area contributed by atoms with E-state index in [1.165, 1.54) is 6.07 Å². The second-order valence-electron chi connectivity index (χ2n) is 3.86. The molecule has 2 rings (SSSR count). The fourth-order valence-corrected chi connectivity index (χ4v) is 1.65. The third kappa shape index (κ3) is 2.98. The van der Waals surface area contributed by atoms with Crippen LogP contribution >= 0.6 is 12.4 Å². The van der Waals surface area contributed by atoms with Gasteiger partial charge >= 0.3 is 0 Å². The Hall–Kier alpha value is -1.62. The largest absolute Gasteiger partial charge is 0.366 e. The van der Waals surface area contributed by atoms with Crippen LogP contribution in [0.15, 0.2) is 24.3 Å². The fourth-order valence-electron chi connectivity index (χ4n) is 1.65. The summed E-state index contributed by atoms with van der Waals surface area (Å²) in [5, 5.41) is 7.16. The van der Waals surface area contributed by atoms with Gasteiger partial charge < -0.3 is 5.32 Å². The van der Waals surface area contributed by atoms with Crippen LogP contribution in [0.4, 0.5) is 14.6 Å². The summed E-state index contributed by atoms with van der Waals surface area (Å²) in [7, 11) is 1.79. The zero-order valence-electron chi connectivity index (χ0n) is 10.1. The summed E-state index contributed by atoms with van der Waals surface area (Å²) in [5.74, 6) is -0.865. The minimum absolute atomic E-state index is 0. The van der Waals surface area contributed by atoms with Crippen molar-refractivity contribution in [1.82, 2.24) is 9.78 Å². The number of rotatable bonds is 3. The van der Waals surface area contributed by atoms with Crippen LogP contribution in [0.1, 0.15) is 11.3 Å². The third-order valence-corrected chi connectivity index (χ3v) is 2.49. The molecule has 0 saturated heterocycles. The van der Waals surface area contributed by atoms with E-state index in [0.717, 1.165) is 17.6 Å². The number of anilines is 1. The average Bonchev–Trinajstić information content (AvgIpc) is 2.60. The van der Waals surface area contributed by atoms with Gasteiger partial charge in [-0.1, -0.05) is 12.1 Å². The van der Waals surface area contributed by atoms with Crippen LogP contribution in [0, 0.1) is 18.6 Å². The van der Waals surface area contributed by atoms with E-state index < -0.39 is 11.6 Å². The van der Waals surface area contributed by atoms with Crippen LogP contribution < -0.4 is 5.32 Å². The quantitative estimate of drug-likeness (QED) is 0.932. The molecule has 18 heavy (non-hydrogen) atoms. The number of nitrogens with one attached hydrogen (secondary N) is 1. The highest BCUT2D eigenvalue weighted by Gasteiger charge is 2.08. The van der Waals surface area contributed by atoms with Crippen molar-refractivity contribution in [2.24, 2.45) is 7.05 Å². The summed E-state index contributed by atoms with van der Waals surface area (Å²) < 4.78 is 28.0. The molecule has 0 aliphatic carbocycles. The number of aryl methyl sites for hydroxylation is 2. The van der Waals surface area contributed by atoms with Crippen LogP contribution in [0.5, 0.6) is 0 Å². The lowest BCUT2D eigenvalue weighted by molar-refractivity contribution is 0.500. The Morgan fingerprint density at radius 3 is 2.67 bits per heavy atom. The molecule has 3 nitrogen and oxygen atoms in total. The normalized spacial score (nSPS) is 10.0. The first-order chi connectivity index (χ1) is 8.08. The summed E-state index contributed by atoms with van der Waals surface area (Å²) in [5.41, 5.74) is 1.17. The highest BCUT2D eigenvalue weighted by Crippen LogP contribution is 2.14. The highest BCUT2D eigenvalue weighted by molar-refractivity contribution is 5.85. The maximum atomic E-state index is 13.4. The van der Waals surface area contributed by atoms with Crippen LogP contribution in [0.3, 0.4) is 0 Å². The standard InChI is InChI=1S/C12H13F2N3.ClH/c1-8-6-11(17(2)16-8)15-7-9-4-3-5-10(13)12(9)14;/h3-6,15H,7H2,1-2H3;1H. The molecular weight excluding hydrogens is 260 g/mol. The van der Waals surface area contributed by atoms with E-state index >= 15 is 0 Å². The summed E-state index contributed by atoms with van der Waals surface area (Å²) in [6.45, 7) is 2.09. The zero-order chi connectivity index (χ0) is 12.4. The van der Waals surface area contributed by atoms with Crippen molar-refractivity contribution in [2.45, 2.75) is 13.5 Å². The van der Waals surface area contributed by atoms with E-state index in [4.69, 9.17) is 0 Å². The third-order valence-electron chi connectivity index (χ3n) is 2.49. The van der Waals surface area contributed by atoms with Gasteiger partial charge in [0.25, 0.3) is 0 Å². The van der Waals surface area contributed by atoms with Gasteiger partial charge in [-0.25, -0.2) is 8.78 Å². The Morgan fingerprint density at radius 1 is 1.33 bits per heavy atom. The van der Waals surface area contributed by atoms with E-state index in [0.29, 0.717) is 5.56 Å². The molecule has 1 aromatic heterocycles. The van der Waals surface area contributed by atoms with Gasteiger partial charge in [0.1, 0.15) is 5.82 Å². The summed E-state index contributed by atoms with van der Waals surface area (Å²) in [6.07, 6.45) is 0. The maximum Gasteiger partial charge on any atom is 0.163 e. The predicted octanol–water partition coefficient (Wildman–Crippen LogP) is 3.04. The van der Waals surface area contributed by atoms with Crippen molar-refractivity contribution in [1.29, 1.82) is 0 Å². The molecule has 1 N–H and O–H groups in total. The molecule has 0 unspecified atom stereocenters. The maximum absolute atomic E-state index is 13.4. The average molecular weight is 274 g/mol. The van der Waals surface area contributed by atoms with Crippen LogP contribution in [0.2, 0.25) is 0 Å². The van der Waals surface area contributed by atoms with E-state index in [2.05, 4.69) is 10.4 Å². The molecule has 2 aromatic rings. The van der Waals surface area contributed by atoms with Gasteiger partial charge in [0.2, 0.25) is 0 Å². The number of hydrogen-bond donors (Lipinski definition) is 1. The van der Waals surface area contributed by atoms with Crippen LogP contribution in [-0.4, -0.2) is 9.78 Å². The van der Waals surface area contributed by atoms with Crippen molar-refractivity contribution in [3.63, 3.8) is 0 Å². The second kappa shape index (κ2) is 5.82. The Kier molecular flexibility index (Phi) is 4.67. The molecule has 0 spiro atoms. The SMILES string of the molecule is Cc1cc(NCc2cccc(F)c2F)n(C)n1.Cl. The summed E-state index contributed by atoms with van der Waals surface area (Å²) in [4.78, 5) is 0. The van der Waals surface area contributed by atoms with Crippen LogP contribution in [-0.2, 0) is 13.6 Å². The molecule has 1 heterocycles.